The van der Waals surface area contributed by atoms with Crippen LogP contribution in [0.5, 0.6) is 0 Å². The zero-order valence-corrected chi connectivity index (χ0v) is 10.4. The highest BCUT2D eigenvalue weighted by molar-refractivity contribution is 5.85. The van der Waals surface area contributed by atoms with E-state index < -0.39 is 12.0 Å². The minimum Gasteiger partial charge on any atom is -0.467 e. The fraction of sp³-hybridized carbons (Fsp3) is 0.800. The summed E-state index contributed by atoms with van der Waals surface area (Å²) in [5.74, 6) is 0.148. The number of amides is 1. The van der Waals surface area contributed by atoms with Gasteiger partial charge in [0.1, 0.15) is 6.04 Å². The minimum atomic E-state index is -0.578. The second kappa shape index (κ2) is 7.46. The minimum absolute atomic E-state index is 0. The third kappa shape index (κ3) is 5.92. The Kier molecular flexibility index (Phi) is 7.08. The number of methoxy groups -OCH3 is 1. The molecule has 6 heteroatoms. The van der Waals surface area contributed by atoms with Gasteiger partial charge < -0.3 is 15.4 Å². The number of ether oxygens (including phenoxy) is 1. The molecule has 16 heavy (non-hydrogen) atoms. The third-order valence-electron chi connectivity index (χ3n) is 2.35. The highest BCUT2D eigenvalue weighted by atomic mass is 35.5. The SMILES string of the molecule is COC(=O)[C@@H](C)NC(=O)CNCC1CC1.Cl. The Morgan fingerprint density at radius 2 is 2.06 bits per heavy atom. The quantitative estimate of drug-likeness (QED) is 0.656. The Bertz CT molecular complexity index is 244. The van der Waals surface area contributed by atoms with E-state index in [0.717, 1.165) is 12.5 Å². The van der Waals surface area contributed by atoms with Crippen molar-refractivity contribution in [1.29, 1.82) is 0 Å². The third-order valence-corrected chi connectivity index (χ3v) is 2.35. The van der Waals surface area contributed by atoms with E-state index in [2.05, 4.69) is 15.4 Å². The number of nitrogens with one attached hydrogen (secondary N) is 2. The zero-order chi connectivity index (χ0) is 11.3. The van der Waals surface area contributed by atoms with Crippen LogP contribution in [0.25, 0.3) is 0 Å². The maximum Gasteiger partial charge on any atom is 0.328 e. The Labute approximate surface area is 102 Å². The van der Waals surface area contributed by atoms with E-state index in [1.54, 1.807) is 6.92 Å². The molecule has 5 nitrogen and oxygen atoms in total. The molecule has 0 aromatic heterocycles. The number of carbonyl (C=O) groups excluding carboxylic acids is 2. The number of rotatable bonds is 6. The fourth-order valence-electron chi connectivity index (χ4n) is 1.24. The molecule has 0 unspecified atom stereocenters. The fourth-order valence-corrected chi connectivity index (χ4v) is 1.24. The molecule has 0 heterocycles. The van der Waals surface area contributed by atoms with Crippen molar-refractivity contribution in [3.8, 4) is 0 Å². The van der Waals surface area contributed by atoms with Crippen LogP contribution in [0.4, 0.5) is 0 Å². The zero-order valence-electron chi connectivity index (χ0n) is 9.62. The highest BCUT2D eigenvalue weighted by Crippen LogP contribution is 2.27. The van der Waals surface area contributed by atoms with Crippen molar-refractivity contribution in [3.05, 3.63) is 0 Å². The van der Waals surface area contributed by atoms with Crippen LogP contribution in [-0.4, -0.2) is 38.1 Å². The molecule has 0 bridgehead atoms. The first-order chi connectivity index (χ1) is 7.13. The van der Waals surface area contributed by atoms with Crippen molar-refractivity contribution in [3.63, 3.8) is 0 Å². The summed E-state index contributed by atoms with van der Waals surface area (Å²) in [6.45, 7) is 2.75. The van der Waals surface area contributed by atoms with Crippen molar-refractivity contribution >= 4 is 24.3 Å². The molecule has 1 aliphatic rings. The van der Waals surface area contributed by atoms with Crippen LogP contribution in [0, 0.1) is 5.92 Å². The van der Waals surface area contributed by atoms with Gasteiger partial charge in [0.05, 0.1) is 13.7 Å². The van der Waals surface area contributed by atoms with Gasteiger partial charge in [-0.15, -0.1) is 12.4 Å². The summed E-state index contributed by atoms with van der Waals surface area (Å²) >= 11 is 0. The van der Waals surface area contributed by atoms with Crippen molar-refractivity contribution in [2.75, 3.05) is 20.2 Å². The predicted octanol–water partition coefficient (Wildman–Crippen LogP) is 0.0855. The molecule has 0 spiro atoms. The van der Waals surface area contributed by atoms with E-state index in [1.165, 1.54) is 20.0 Å². The Hall–Kier alpha value is -0.810. The number of carbonyl (C=O) groups is 2. The summed E-state index contributed by atoms with van der Waals surface area (Å²) in [5.41, 5.74) is 0. The summed E-state index contributed by atoms with van der Waals surface area (Å²) in [5, 5.41) is 5.59. The largest absolute Gasteiger partial charge is 0.467 e. The normalized spacial score (nSPS) is 15.9. The highest BCUT2D eigenvalue weighted by Gasteiger charge is 2.21. The van der Waals surface area contributed by atoms with Crippen molar-refractivity contribution < 1.29 is 14.3 Å². The number of hydrogen-bond donors (Lipinski definition) is 2. The van der Waals surface area contributed by atoms with Gasteiger partial charge in [-0.05, 0) is 32.2 Å². The van der Waals surface area contributed by atoms with Crippen molar-refractivity contribution in [2.24, 2.45) is 5.92 Å². The van der Waals surface area contributed by atoms with Crippen LogP contribution in [-0.2, 0) is 14.3 Å². The van der Waals surface area contributed by atoms with Gasteiger partial charge in [0, 0.05) is 0 Å². The molecular formula is C10H19ClN2O3. The van der Waals surface area contributed by atoms with Gasteiger partial charge in [-0.1, -0.05) is 0 Å². The Morgan fingerprint density at radius 1 is 1.44 bits per heavy atom. The van der Waals surface area contributed by atoms with E-state index >= 15 is 0 Å². The van der Waals surface area contributed by atoms with E-state index in [9.17, 15) is 9.59 Å². The molecule has 1 fully saturated rings. The van der Waals surface area contributed by atoms with Gasteiger partial charge in [-0.25, -0.2) is 4.79 Å². The monoisotopic (exact) mass is 250 g/mol. The summed E-state index contributed by atoms with van der Waals surface area (Å²) < 4.78 is 4.49. The lowest BCUT2D eigenvalue weighted by molar-refractivity contribution is -0.144. The van der Waals surface area contributed by atoms with Crippen LogP contribution in [0.15, 0.2) is 0 Å². The summed E-state index contributed by atoms with van der Waals surface area (Å²) in [6, 6.07) is -0.578. The smallest absolute Gasteiger partial charge is 0.328 e. The van der Waals surface area contributed by atoms with Gasteiger partial charge in [0.15, 0.2) is 0 Å². The summed E-state index contributed by atoms with van der Waals surface area (Å²) in [6.07, 6.45) is 2.51. The molecule has 0 radical (unpaired) electrons. The molecular weight excluding hydrogens is 232 g/mol. The molecule has 0 saturated heterocycles. The molecule has 0 aromatic rings. The molecule has 0 aliphatic heterocycles. The van der Waals surface area contributed by atoms with Crippen LogP contribution >= 0.6 is 12.4 Å². The van der Waals surface area contributed by atoms with Crippen molar-refractivity contribution in [2.45, 2.75) is 25.8 Å². The lowest BCUT2D eigenvalue weighted by Gasteiger charge is -2.11. The Balaban J connectivity index is 0.00000225. The van der Waals surface area contributed by atoms with E-state index in [4.69, 9.17) is 0 Å². The predicted molar refractivity (Wildman–Crippen MR) is 62.5 cm³/mol. The van der Waals surface area contributed by atoms with Crippen LogP contribution in [0.3, 0.4) is 0 Å². The lowest BCUT2D eigenvalue weighted by Crippen LogP contribution is -2.43. The van der Waals surface area contributed by atoms with Gasteiger partial charge >= 0.3 is 5.97 Å². The first-order valence-electron chi connectivity index (χ1n) is 5.21. The molecule has 2 N–H and O–H groups in total. The molecule has 0 aromatic carbocycles. The van der Waals surface area contributed by atoms with Crippen LogP contribution < -0.4 is 10.6 Å². The second-order valence-corrected chi connectivity index (χ2v) is 3.89. The van der Waals surface area contributed by atoms with Gasteiger partial charge in [-0.2, -0.15) is 0 Å². The lowest BCUT2D eigenvalue weighted by atomic mass is 10.3. The molecule has 1 atom stereocenters. The molecule has 94 valence electrons. The van der Waals surface area contributed by atoms with Crippen molar-refractivity contribution in [1.82, 2.24) is 10.6 Å². The molecule has 1 amide bonds. The second-order valence-electron chi connectivity index (χ2n) is 3.89. The van der Waals surface area contributed by atoms with Gasteiger partial charge in [0.25, 0.3) is 0 Å². The average Bonchev–Trinajstić information content (AvgIpc) is 3.00. The standard InChI is InChI=1S/C10H18N2O3.ClH/c1-7(10(14)15-2)12-9(13)6-11-5-8-3-4-8;/h7-8,11H,3-6H2,1-2H3,(H,12,13);1H/t7-;/m1./s1. The first kappa shape index (κ1) is 15.2. The summed E-state index contributed by atoms with van der Waals surface area (Å²) in [7, 11) is 1.30. The Morgan fingerprint density at radius 3 is 2.56 bits per heavy atom. The maximum atomic E-state index is 11.3. The van der Waals surface area contributed by atoms with Crippen LogP contribution in [0.2, 0.25) is 0 Å². The van der Waals surface area contributed by atoms with E-state index in [0.29, 0.717) is 0 Å². The van der Waals surface area contributed by atoms with Crippen LogP contribution in [0.1, 0.15) is 19.8 Å². The summed E-state index contributed by atoms with van der Waals surface area (Å²) in [4.78, 5) is 22.3. The number of hydrogen-bond acceptors (Lipinski definition) is 4. The number of esters is 1. The van der Waals surface area contributed by atoms with E-state index in [1.807, 2.05) is 0 Å². The first-order valence-corrected chi connectivity index (χ1v) is 5.21. The molecule has 1 saturated carbocycles. The molecule has 1 rings (SSSR count). The maximum absolute atomic E-state index is 11.3. The van der Waals surface area contributed by atoms with E-state index in [-0.39, 0.29) is 24.9 Å². The molecule has 1 aliphatic carbocycles. The van der Waals surface area contributed by atoms with Gasteiger partial charge in [0.2, 0.25) is 5.91 Å². The topological polar surface area (TPSA) is 67.4 Å². The average molecular weight is 251 g/mol. The number of halogens is 1. The van der Waals surface area contributed by atoms with Gasteiger partial charge in [-0.3, -0.25) is 4.79 Å².